The fourth-order valence-electron chi connectivity index (χ4n) is 1.28. The second kappa shape index (κ2) is 3.75. The van der Waals surface area contributed by atoms with Gasteiger partial charge in [-0.1, -0.05) is 41.2 Å². The van der Waals surface area contributed by atoms with Crippen LogP contribution in [-0.2, 0) is 0 Å². The predicted molar refractivity (Wildman–Crippen MR) is 59.8 cm³/mol. The number of anilines is 1. The largest absolute Gasteiger partial charge is 0.374 e. The SMILES string of the molecule is CC1=CC(c2nnc(N)s2)=CC=CC1. The first-order valence-corrected chi connectivity index (χ1v) is 5.21. The number of nitrogens with zero attached hydrogens (tertiary/aromatic N) is 2. The minimum atomic E-state index is 0.514. The third-order valence-corrected chi connectivity index (χ3v) is 2.74. The molecule has 0 aliphatic heterocycles. The van der Waals surface area contributed by atoms with Crippen molar-refractivity contribution in [2.24, 2.45) is 0 Å². The molecular weight excluding hydrogens is 194 g/mol. The number of allylic oxidation sites excluding steroid dienone is 6. The van der Waals surface area contributed by atoms with Gasteiger partial charge in [-0.05, 0) is 13.3 Å². The van der Waals surface area contributed by atoms with Crippen LogP contribution < -0.4 is 5.73 Å². The lowest BCUT2D eigenvalue weighted by atomic mass is 10.1. The molecule has 2 N–H and O–H groups in total. The van der Waals surface area contributed by atoms with Crippen molar-refractivity contribution in [1.29, 1.82) is 0 Å². The van der Waals surface area contributed by atoms with Crippen LogP contribution in [0.4, 0.5) is 5.13 Å². The molecule has 0 bridgehead atoms. The highest BCUT2D eigenvalue weighted by Crippen LogP contribution is 2.24. The van der Waals surface area contributed by atoms with E-state index >= 15 is 0 Å². The molecule has 0 radical (unpaired) electrons. The number of hydrogen-bond acceptors (Lipinski definition) is 4. The summed E-state index contributed by atoms with van der Waals surface area (Å²) in [6.07, 6.45) is 9.33. The van der Waals surface area contributed by atoms with E-state index in [9.17, 15) is 0 Å². The van der Waals surface area contributed by atoms with Crippen molar-refractivity contribution in [3.8, 4) is 0 Å². The van der Waals surface area contributed by atoms with Gasteiger partial charge in [0.05, 0.1) is 0 Å². The van der Waals surface area contributed by atoms with Gasteiger partial charge in [0.25, 0.3) is 0 Å². The summed E-state index contributed by atoms with van der Waals surface area (Å²) in [7, 11) is 0. The molecule has 1 heterocycles. The third-order valence-electron chi connectivity index (χ3n) is 1.94. The van der Waals surface area contributed by atoms with E-state index in [1.807, 2.05) is 12.2 Å². The van der Waals surface area contributed by atoms with Crippen LogP contribution in [-0.4, -0.2) is 10.2 Å². The van der Waals surface area contributed by atoms with Crippen LogP contribution in [0.25, 0.3) is 5.57 Å². The van der Waals surface area contributed by atoms with E-state index in [-0.39, 0.29) is 0 Å². The fraction of sp³-hybridized carbons (Fsp3) is 0.200. The van der Waals surface area contributed by atoms with E-state index < -0.39 is 0 Å². The molecule has 1 aliphatic carbocycles. The van der Waals surface area contributed by atoms with Gasteiger partial charge in [-0.3, -0.25) is 0 Å². The standard InChI is InChI=1S/C10H11N3S/c1-7-4-2-3-5-8(6-7)9-12-13-10(11)14-9/h2-3,5-6H,4H2,1H3,(H2,11,13). The smallest absolute Gasteiger partial charge is 0.203 e. The molecule has 14 heavy (non-hydrogen) atoms. The Kier molecular flexibility index (Phi) is 2.45. The van der Waals surface area contributed by atoms with Gasteiger partial charge in [-0.2, -0.15) is 0 Å². The Morgan fingerprint density at radius 2 is 2.29 bits per heavy atom. The highest BCUT2D eigenvalue weighted by atomic mass is 32.1. The molecule has 1 aromatic heterocycles. The summed E-state index contributed by atoms with van der Waals surface area (Å²) in [5.74, 6) is 0. The zero-order chi connectivity index (χ0) is 9.97. The number of aromatic nitrogens is 2. The normalized spacial score (nSPS) is 16.1. The summed E-state index contributed by atoms with van der Waals surface area (Å²) in [5.41, 5.74) is 7.94. The Labute approximate surface area is 86.7 Å². The van der Waals surface area contributed by atoms with E-state index in [4.69, 9.17) is 5.73 Å². The molecular formula is C10H11N3S. The van der Waals surface area contributed by atoms with E-state index in [1.165, 1.54) is 16.9 Å². The first-order chi connectivity index (χ1) is 6.75. The number of nitrogen functional groups attached to an aromatic ring is 1. The summed E-state index contributed by atoms with van der Waals surface area (Å²) in [6, 6.07) is 0. The van der Waals surface area contributed by atoms with Gasteiger partial charge in [0.15, 0.2) is 0 Å². The van der Waals surface area contributed by atoms with Crippen molar-refractivity contribution < 1.29 is 0 Å². The molecule has 3 nitrogen and oxygen atoms in total. The van der Waals surface area contributed by atoms with Crippen molar-refractivity contribution in [2.75, 3.05) is 5.73 Å². The number of rotatable bonds is 1. The Bertz CT molecular complexity index is 426. The molecule has 0 saturated heterocycles. The fourth-order valence-corrected chi connectivity index (χ4v) is 1.89. The maximum atomic E-state index is 5.54. The van der Waals surface area contributed by atoms with Crippen LogP contribution in [0.15, 0.2) is 29.9 Å². The monoisotopic (exact) mass is 205 g/mol. The first kappa shape index (κ1) is 9.15. The van der Waals surface area contributed by atoms with Gasteiger partial charge >= 0.3 is 0 Å². The average Bonchev–Trinajstić information content (AvgIpc) is 2.45. The Hall–Kier alpha value is -1.42. The van der Waals surface area contributed by atoms with E-state index in [0.717, 1.165) is 17.0 Å². The zero-order valence-electron chi connectivity index (χ0n) is 7.90. The molecule has 0 spiro atoms. The highest BCUT2D eigenvalue weighted by molar-refractivity contribution is 7.16. The summed E-state index contributed by atoms with van der Waals surface area (Å²) in [6.45, 7) is 2.11. The van der Waals surface area contributed by atoms with Gasteiger partial charge < -0.3 is 5.73 Å². The maximum absolute atomic E-state index is 5.54. The number of hydrogen-bond donors (Lipinski definition) is 1. The molecule has 0 saturated carbocycles. The van der Waals surface area contributed by atoms with Gasteiger partial charge in [0, 0.05) is 5.57 Å². The molecule has 4 heteroatoms. The van der Waals surface area contributed by atoms with Gasteiger partial charge in [-0.15, -0.1) is 10.2 Å². The van der Waals surface area contributed by atoms with E-state index in [1.54, 1.807) is 0 Å². The van der Waals surface area contributed by atoms with Crippen LogP contribution >= 0.6 is 11.3 Å². The second-order valence-corrected chi connectivity index (χ2v) is 4.20. The van der Waals surface area contributed by atoms with Crippen LogP contribution in [0.1, 0.15) is 18.4 Å². The highest BCUT2D eigenvalue weighted by Gasteiger charge is 2.06. The first-order valence-electron chi connectivity index (χ1n) is 4.39. The van der Waals surface area contributed by atoms with Crippen molar-refractivity contribution in [3.05, 3.63) is 34.9 Å². The van der Waals surface area contributed by atoms with Crippen molar-refractivity contribution in [3.63, 3.8) is 0 Å². The lowest BCUT2D eigenvalue weighted by Crippen LogP contribution is -1.81. The van der Waals surface area contributed by atoms with Crippen LogP contribution in [0.3, 0.4) is 0 Å². The predicted octanol–water partition coefficient (Wildman–Crippen LogP) is 2.41. The number of nitrogens with two attached hydrogens (primary N) is 1. The molecule has 1 aliphatic rings. The van der Waals surface area contributed by atoms with Gasteiger partial charge in [-0.25, -0.2) is 0 Å². The average molecular weight is 205 g/mol. The second-order valence-electron chi connectivity index (χ2n) is 3.19. The molecule has 0 fully saturated rings. The zero-order valence-corrected chi connectivity index (χ0v) is 8.71. The molecule has 72 valence electrons. The summed E-state index contributed by atoms with van der Waals surface area (Å²) in [5, 5.41) is 9.21. The molecule has 2 rings (SSSR count). The third kappa shape index (κ3) is 1.90. The van der Waals surface area contributed by atoms with Crippen LogP contribution in [0, 0.1) is 0 Å². The Morgan fingerprint density at radius 3 is 3.00 bits per heavy atom. The molecule has 0 unspecified atom stereocenters. The van der Waals surface area contributed by atoms with Crippen molar-refractivity contribution >= 4 is 22.0 Å². The minimum Gasteiger partial charge on any atom is -0.374 e. The Morgan fingerprint density at radius 1 is 1.43 bits per heavy atom. The van der Waals surface area contributed by atoms with Crippen molar-refractivity contribution in [1.82, 2.24) is 10.2 Å². The summed E-state index contributed by atoms with van der Waals surface area (Å²) >= 11 is 1.41. The lowest BCUT2D eigenvalue weighted by Gasteiger charge is -1.95. The quantitative estimate of drug-likeness (QED) is 0.766. The van der Waals surface area contributed by atoms with Gasteiger partial charge in [0.1, 0.15) is 5.01 Å². The summed E-state index contributed by atoms with van der Waals surface area (Å²) in [4.78, 5) is 0. The molecule has 0 aromatic carbocycles. The van der Waals surface area contributed by atoms with Gasteiger partial charge in [0.2, 0.25) is 5.13 Å². The Balaban J connectivity index is 2.38. The van der Waals surface area contributed by atoms with E-state index in [0.29, 0.717) is 5.13 Å². The maximum Gasteiger partial charge on any atom is 0.203 e. The lowest BCUT2D eigenvalue weighted by molar-refractivity contribution is 1.08. The minimum absolute atomic E-state index is 0.514. The summed E-state index contributed by atoms with van der Waals surface area (Å²) < 4.78 is 0. The molecule has 0 atom stereocenters. The van der Waals surface area contributed by atoms with Crippen LogP contribution in [0.5, 0.6) is 0 Å². The van der Waals surface area contributed by atoms with E-state index in [2.05, 4.69) is 29.3 Å². The van der Waals surface area contributed by atoms with Crippen LogP contribution in [0.2, 0.25) is 0 Å². The molecule has 0 amide bonds. The molecule has 1 aromatic rings. The van der Waals surface area contributed by atoms with Crippen molar-refractivity contribution in [2.45, 2.75) is 13.3 Å². The topological polar surface area (TPSA) is 51.8 Å².